The number of hydrogen-bond acceptors (Lipinski definition) is 6. The molecule has 2 heterocycles. The van der Waals surface area contributed by atoms with Gasteiger partial charge in [0.15, 0.2) is 0 Å². The number of aryl methyl sites for hydroxylation is 1. The van der Waals surface area contributed by atoms with E-state index in [2.05, 4.69) is 32.5 Å². The van der Waals surface area contributed by atoms with Gasteiger partial charge < -0.3 is 20.4 Å². The van der Waals surface area contributed by atoms with Crippen molar-refractivity contribution in [2.75, 3.05) is 43.9 Å². The fourth-order valence-electron chi connectivity index (χ4n) is 2.90. The molecule has 0 radical (unpaired) electrons. The van der Waals surface area contributed by atoms with E-state index in [1.807, 2.05) is 17.0 Å². The van der Waals surface area contributed by atoms with E-state index >= 15 is 0 Å². The van der Waals surface area contributed by atoms with Crippen LogP contribution in [0.1, 0.15) is 23.2 Å². The maximum Gasteiger partial charge on any atom is 0.272 e. The Bertz CT molecular complexity index is 829. The van der Waals surface area contributed by atoms with Crippen molar-refractivity contribution in [1.29, 1.82) is 0 Å². The zero-order valence-electron chi connectivity index (χ0n) is 15.8. The fourth-order valence-corrected chi connectivity index (χ4v) is 2.90. The first kappa shape index (κ1) is 18.8. The van der Waals surface area contributed by atoms with E-state index in [1.54, 1.807) is 25.1 Å². The van der Waals surface area contributed by atoms with Crippen LogP contribution >= 0.6 is 0 Å². The van der Waals surface area contributed by atoms with Crippen LogP contribution in [0.2, 0.25) is 0 Å². The topological polar surface area (TPSA) is 90.5 Å². The first-order valence-corrected chi connectivity index (χ1v) is 8.89. The van der Waals surface area contributed by atoms with Crippen molar-refractivity contribution >= 4 is 29.0 Å². The Morgan fingerprint density at radius 2 is 1.63 bits per heavy atom. The zero-order chi connectivity index (χ0) is 19.4. The molecule has 1 aliphatic rings. The number of rotatable bonds is 4. The van der Waals surface area contributed by atoms with Gasteiger partial charge in [-0.1, -0.05) is 0 Å². The Balaban J connectivity index is 1.73. The molecular weight excluding hydrogens is 344 g/mol. The molecule has 0 saturated carbocycles. The number of aromatic nitrogens is 2. The van der Waals surface area contributed by atoms with Crippen LogP contribution in [0.5, 0.6) is 0 Å². The van der Waals surface area contributed by atoms with Crippen molar-refractivity contribution in [3.05, 3.63) is 41.9 Å². The number of amides is 2. The van der Waals surface area contributed by atoms with Crippen LogP contribution in [0.3, 0.4) is 0 Å². The molecule has 0 spiro atoms. The third kappa shape index (κ3) is 5.01. The van der Waals surface area contributed by atoms with Gasteiger partial charge in [-0.05, 0) is 38.2 Å². The van der Waals surface area contributed by atoms with Crippen LogP contribution in [0.25, 0.3) is 0 Å². The quantitative estimate of drug-likeness (QED) is 0.856. The number of carbonyl (C=O) groups is 2. The first-order chi connectivity index (χ1) is 12.9. The third-order valence-electron chi connectivity index (χ3n) is 4.33. The van der Waals surface area contributed by atoms with Crippen molar-refractivity contribution < 1.29 is 9.59 Å². The summed E-state index contributed by atoms with van der Waals surface area (Å²) in [5.41, 5.74) is 1.92. The Kier molecular flexibility index (Phi) is 5.66. The Hall–Kier alpha value is -3.00. The van der Waals surface area contributed by atoms with Crippen LogP contribution in [0.15, 0.2) is 30.3 Å². The lowest BCUT2D eigenvalue weighted by molar-refractivity contribution is -0.114. The largest absolute Gasteiger partial charge is 0.340 e. The summed E-state index contributed by atoms with van der Waals surface area (Å²) in [6.07, 6.45) is 0. The second-order valence-electron chi connectivity index (χ2n) is 6.66. The van der Waals surface area contributed by atoms with Gasteiger partial charge in [-0.15, -0.1) is 0 Å². The smallest absolute Gasteiger partial charge is 0.272 e. The molecule has 1 aromatic heterocycles. The molecule has 0 aliphatic carbocycles. The van der Waals surface area contributed by atoms with Crippen molar-refractivity contribution in [1.82, 2.24) is 19.8 Å². The lowest BCUT2D eigenvalue weighted by Crippen LogP contribution is -2.47. The van der Waals surface area contributed by atoms with Crippen LogP contribution in [0.4, 0.5) is 17.2 Å². The molecule has 8 heteroatoms. The minimum Gasteiger partial charge on any atom is -0.340 e. The normalized spacial score (nSPS) is 14.7. The first-order valence-electron chi connectivity index (χ1n) is 8.89. The Morgan fingerprint density at radius 3 is 2.26 bits per heavy atom. The van der Waals surface area contributed by atoms with Gasteiger partial charge in [0.25, 0.3) is 5.91 Å². The molecular formula is C19H24N6O2. The molecule has 1 aromatic carbocycles. The van der Waals surface area contributed by atoms with Gasteiger partial charge in [-0.3, -0.25) is 9.59 Å². The lowest BCUT2D eigenvalue weighted by atomic mass is 10.2. The summed E-state index contributed by atoms with van der Waals surface area (Å²) >= 11 is 0. The van der Waals surface area contributed by atoms with Crippen LogP contribution in [0, 0.1) is 6.92 Å². The molecule has 2 N–H and O–H groups in total. The molecule has 1 saturated heterocycles. The number of nitrogens with zero attached hydrogens (tertiary/aromatic N) is 4. The van der Waals surface area contributed by atoms with E-state index in [9.17, 15) is 9.59 Å². The fraction of sp³-hybridized carbons (Fsp3) is 0.368. The summed E-state index contributed by atoms with van der Waals surface area (Å²) < 4.78 is 0. The highest BCUT2D eigenvalue weighted by atomic mass is 16.2. The monoisotopic (exact) mass is 368 g/mol. The minimum atomic E-state index is -0.116. The molecule has 27 heavy (non-hydrogen) atoms. The zero-order valence-corrected chi connectivity index (χ0v) is 15.8. The van der Waals surface area contributed by atoms with Gasteiger partial charge in [0.1, 0.15) is 17.3 Å². The van der Waals surface area contributed by atoms with E-state index in [0.717, 1.165) is 24.5 Å². The standard InChI is InChI=1S/C19H24N6O2/c1-13-20-17(19(27)25-10-8-24(3)9-11-25)12-18(21-13)23-16-6-4-15(5-7-16)22-14(2)26/h4-7,12H,8-11H2,1-3H3,(H,22,26)(H,20,21,23). The number of benzene rings is 1. The van der Waals surface area contributed by atoms with Gasteiger partial charge in [0, 0.05) is 50.5 Å². The SMILES string of the molecule is CC(=O)Nc1ccc(Nc2cc(C(=O)N3CCN(C)CC3)nc(C)n2)cc1. The van der Waals surface area contributed by atoms with Gasteiger partial charge in [-0.2, -0.15) is 0 Å². The summed E-state index contributed by atoms with van der Waals surface area (Å²) in [7, 11) is 2.05. The molecule has 142 valence electrons. The summed E-state index contributed by atoms with van der Waals surface area (Å²) in [4.78, 5) is 36.6. The second-order valence-corrected chi connectivity index (χ2v) is 6.66. The molecule has 2 amide bonds. The van der Waals surface area contributed by atoms with Gasteiger partial charge in [-0.25, -0.2) is 9.97 Å². The average Bonchev–Trinajstić information content (AvgIpc) is 2.62. The number of anilines is 3. The van der Waals surface area contributed by atoms with Gasteiger partial charge >= 0.3 is 0 Å². The van der Waals surface area contributed by atoms with E-state index < -0.39 is 0 Å². The highest BCUT2D eigenvalue weighted by molar-refractivity contribution is 5.93. The predicted molar refractivity (Wildman–Crippen MR) is 104 cm³/mol. The molecule has 0 unspecified atom stereocenters. The van der Waals surface area contributed by atoms with Crippen molar-refractivity contribution in [3.63, 3.8) is 0 Å². The molecule has 2 aromatic rings. The van der Waals surface area contributed by atoms with Crippen molar-refractivity contribution in [2.24, 2.45) is 0 Å². The second kappa shape index (κ2) is 8.13. The highest BCUT2D eigenvalue weighted by Gasteiger charge is 2.22. The van der Waals surface area contributed by atoms with Crippen molar-refractivity contribution in [2.45, 2.75) is 13.8 Å². The van der Waals surface area contributed by atoms with E-state index in [1.165, 1.54) is 6.92 Å². The number of hydrogen-bond donors (Lipinski definition) is 2. The lowest BCUT2D eigenvalue weighted by Gasteiger charge is -2.32. The molecule has 3 rings (SSSR count). The number of carbonyl (C=O) groups excluding carboxylic acids is 2. The van der Waals surface area contributed by atoms with E-state index in [-0.39, 0.29) is 11.8 Å². The minimum absolute atomic E-state index is 0.0716. The highest BCUT2D eigenvalue weighted by Crippen LogP contribution is 2.19. The Morgan fingerprint density at radius 1 is 1.00 bits per heavy atom. The molecule has 1 aliphatic heterocycles. The van der Waals surface area contributed by atoms with E-state index in [0.29, 0.717) is 30.4 Å². The van der Waals surface area contributed by atoms with Gasteiger partial charge in [0.05, 0.1) is 0 Å². The summed E-state index contributed by atoms with van der Waals surface area (Å²) in [5.74, 6) is 0.909. The van der Waals surface area contributed by atoms with E-state index in [4.69, 9.17) is 0 Å². The summed E-state index contributed by atoms with van der Waals surface area (Å²) in [6.45, 7) is 6.36. The molecule has 8 nitrogen and oxygen atoms in total. The molecule has 0 atom stereocenters. The molecule has 1 fully saturated rings. The van der Waals surface area contributed by atoms with Crippen LogP contribution in [-0.4, -0.2) is 64.8 Å². The number of likely N-dealkylation sites (N-methyl/N-ethyl adjacent to an activating group) is 1. The summed E-state index contributed by atoms with van der Waals surface area (Å²) in [6, 6.07) is 8.95. The Labute approximate surface area is 158 Å². The van der Waals surface area contributed by atoms with Crippen LogP contribution in [-0.2, 0) is 4.79 Å². The van der Waals surface area contributed by atoms with Crippen molar-refractivity contribution in [3.8, 4) is 0 Å². The molecule has 0 bridgehead atoms. The maximum atomic E-state index is 12.8. The predicted octanol–water partition coefficient (Wildman–Crippen LogP) is 1.87. The van der Waals surface area contributed by atoms with Gasteiger partial charge in [0.2, 0.25) is 5.91 Å². The average molecular weight is 368 g/mol. The number of nitrogens with one attached hydrogen (secondary N) is 2. The van der Waals surface area contributed by atoms with Crippen LogP contribution < -0.4 is 10.6 Å². The maximum absolute atomic E-state index is 12.8. The summed E-state index contributed by atoms with van der Waals surface area (Å²) in [5, 5.41) is 5.91. The third-order valence-corrected chi connectivity index (χ3v) is 4.33. The number of piperazine rings is 1.